The predicted molar refractivity (Wildman–Crippen MR) is 59.7 cm³/mol. The van der Waals surface area contributed by atoms with Crippen molar-refractivity contribution in [1.82, 2.24) is 14.9 Å². The molecule has 0 spiro atoms. The van der Waals surface area contributed by atoms with Gasteiger partial charge < -0.3 is 15.0 Å². The molecule has 1 heterocycles. The molecule has 1 aliphatic rings. The Balaban J connectivity index is 1.98. The lowest BCUT2D eigenvalue weighted by atomic mass is 10.4. The molecule has 0 atom stereocenters. The van der Waals surface area contributed by atoms with Crippen LogP contribution in [0.4, 0.5) is 0 Å². The van der Waals surface area contributed by atoms with Crippen molar-refractivity contribution < 1.29 is 14.7 Å². The van der Waals surface area contributed by atoms with Crippen LogP contribution in [0, 0.1) is 12.8 Å². The van der Waals surface area contributed by atoms with E-state index in [1.807, 2.05) is 0 Å². The smallest absolute Gasteiger partial charge is 0.354 e. The Morgan fingerprint density at radius 2 is 2.29 bits per heavy atom. The monoisotopic (exact) mass is 237 g/mol. The number of carboxylic acid groups (broad SMARTS) is 1. The number of aromatic carboxylic acids is 1. The number of carbonyl (C=O) groups is 2. The highest BCUT2D eigenvalue weighted by Gasteiger charge is 2.22. The fourth-order valence-electron chi connectivity index (χ4n) is 1.62. The highest BCUT2D eigenvalue weighted by Crippen LogP contribution is 2.27. The van der Waals surface area contributed by atoms with E-state index in [9.17, 15) is 9.59 Å². The summed E-state index contributed by atoms with van der Waals surface area (Å²) in [5.41, 5.74) is 0.0454. The Hall–Kier alpha value is -1.85. The zero-order valence-corrected chi connectivity index (χ0v) is 9.64. The van der Waals surface area contributed by atoms with Crippen LogP contribution in [-0.4, -0.2) is 33.1 Å². The van der Waals surface area contributed by atoms with Gasteiger partial charge in [-0.15, -0.1) is 0 Å². The zero-order valence-electron chi connectivity index (χ0n) is 9.64. The van der Waals surface area contributed by atoms with Crippen LogP contribution in [0.25, 0.3) is 0 Å². The van der Waals surface area contributed by atoms with Crippen molar-refractivity contribution in [3.8, 4) is 0 Å². The summed E-state index contributed by atoms with van der Waals surface area (Å²) in [6.07, 6.45) is 3.61. The number of carboxylic acids is 1. The molecule has 2 rings (SSSR count). The number of aromatic nitrogens is 2. The van der Waals surface area contributed by atoms with Crippen LogP contribution in [0.15, 0.2) is 6.20 Å². The van der Waals surface area contributed by atoms with E-state index in [1.54, 1.807) is 6.92 Å². The number of imidazole rings is 1. The molecule has 1 saturated carbocycles. The molecule has 1 aromatic rings. The van der Waals surface area contributed by atoms with Crippen LogP contribution in [0.3, 0.4) is 0 Å². The third-order valence-electron chi connectivity index (χ3n) is 2.86. The van der Waals surface area contributed by atoms with Crippen molar-refractivity contribution in [2.45, 2.75) is 26.3 Å². The van der Waals surface area contributed by atoms with Crippen LogP contribution < -0.4 is 5.32 Å². The van der Waals surface area contributed by atoms with Crippen molar-refractivity contribution in [2.75, 3.05) is 6.54 Å². The lowest BCUT2D eigenvalue weighted by molar-refractivity contribution is -0.121. The second kappa shape index (κ2) is 4.57. The Labute approximate surface area is 98.7 Å². The van der Waals surface area contributed by atoms with Gasteiger partial charge in [-0.25, -0.2) is 9.78 Å². The molecule has 1 aliphatic carbocycles. The normalized spacial score (nSPS) is 14.6. The molecule has 6 heteroatoms. The van der Waals surface area contributed by atoms with Crippen molar-refractivity contribution in [3.63, 3.8) is 0 Å². The topological polar surface area (TPSA) is 84.2 Å². The minimum absolute atomic E-state index is 0.0141. The summed E-state index contributed by atoms with van der Waals surface area (Å²) in [7, 11) is 0. The molecular weight excluding hydrogens is 222 g/mol. The first kappa shape index (κ1) is 11.6. The average molecular weight is 237 g/mol. The van der Waals surface area contributed by atoms with Crippen molar-refractivity contribution in [1.29, 1.82) is 0 Å². The van der Waals surface area contributed by atoms with E-state index in [0.29, 0.717) is 18.3 Å². The van der Waals surface area contributed by atoms with Gasteiger partial charge in [-0.2, -0.15) is 0 Å². The zero-order chi connectivity index (χ0) is 12.4. The Kier molecular flexibility index (Phi) is 3.12. The molecule has 2 N–H and O–H groups in total. The number of nitrogens with zero attached hydrogens (tertiary/aromatic N) is 2. The van der Waals surface area contributed by atoms with E-state index in [4.69, 9.17) is 5.11 Å². The van der Waals surface area contributed by atoms with Crippen molar-refractivity contribution >= 4 is 11.9 Å². The van der Waals surface area contributed by atoms with E-state index in [0.717, 1.165) is 0 Å². The number of hydrogen-bond donors (Lipinski definition) is 2. The number of rotatable bonds is 5. The summed E-state index contributed by atoms with van der Waals surface area (Å²) in [6, 6.07) is 0. The van der Waals surface area contributed by atoms with E-state index in [2.05, 4.69) is 10.3 Å². The number of amides is 1. The molecule has 17 heavy (non-hydrogen) atoms. The van der Waals surface area contributed by atoms with Crippen molar-refractivity contribution in [3.05, 3.63) is 17.7 Å². The maximum Gasteiger partial charge on any atom is 0.354 e. The Morgan fingerprint density at radius 1 is 1.59 bits per heavy atom. The van der Waals surface area contributed by atoms with Crippen molar-refractivity contribution in [2.24, 2.45) is 5.92 Å². The molecule has 0 unspecified atom stereocenters. The summed E-state index contributed by atoms with van der Waals surface area (Å²) < 4.78 is 1.41. The quantitative estimate of drug-likeness (QED) is 0.777. The fraction of sp³-hybridized carbons (Fsp3) is 0.545. The molecule has 0 radical (unpaired) electrons. The first-order chi connectivity index (χ1) is 8.08. The molecule has 1 amide bonds. The molecule has 0 aliphatic heterocycles. The maximum absolute atomic E-state index is 11.6. The Bertz CT molecular complexity index is 449. The molecule has 1 fully saturated rings. The summed E-state index contributed by atoms with van der Waals surface area (Å²) in [5, 5.41) is 11.7. The third kappa shape index (κ3) is 2.83. The number of aryl methyl sites for hydroxylation is 1. The highest BCUT2D eigenvalue weighted by molar-refractivity contribution is 5.86. The van der Waals surface area contributed by atoms with Crippen LogP contribution in [0.2, 0.25) is 0 Å². The number of hydrogen-bond acceptors (Lipinski definition) is 3. The minimum atomic E-state index is -1.07. The SMILES string of the molecule is Cc1ncc(C(=O)O)n1CC(=O)NCC1CC1. The lowest BCUT2D eigenvalue weighted by Crippen LogP contribution is -2.30. The predicted octanol–water partition coefficient (Wildman–Crippen LogP) is 0.416. The van der Waals surface area contributed by atoms with Gasteiger partial charge in [0.1, 0.15) is 18.1 Å². The second-order valence-electron chi connectivity index (χ2n) is 4.33. The fourth-order valence-corrected chi connectivity index (χ4v) is 1.62. The first-order valence-corrected chi connectivity index (χ1v) is 5.60. The molecule has 0 saturated heterocycles. The standard InChI is InChI=1S/C11H15N3O3/c1-7-12-5-9(11(16)17)14(7)6-10(15)13-4-8-2-3-8/h5,8H,2-4,6H2,1H3,(H,13,15)(H,16,17). The van der Waals surface area contributed by atoms with Crippen LogP contribution in [0.5, 0.6) is 0 Å². The van der Waals surface area contributed by atoms with Gasteiger partial charge in [-0.1, -0.05) is 0 Å². The summed E-state index contributed by atoms with van der Waals surface area (Å²) >= 11 is 0. The number of carbonyl (C=O) groups excluding carboxylic acids is 1. The third-order valence-corrected chi connectivity index (χ3v) is 2.86. The van der Waals surface area contributed by atoms with E-state index >= 15 is 0 Å². The highest BCUT2D eigenvalue weighted by atomic mass is 16.4. The van der Waals surface area contributed by atoms with Gasteiger partial charge in [0.15, 0.2) is 0 Å². The molecule has 1 aromatic heterocycles. The molecule has 6 nitrogen and oxygen atoms in total. The van der Waals surface area contributed by atoms with Gasteiger partial charge in [-0.05, 0) is 25.7 Å². The lowest BCUT2D eigenvalue weighted by Gasteiger charge is -2.08. The minimum Gasteiger partial charge on any atom is -0.477 e. The Morgan fingerprint density at radius 3 is 2.88 bits per heavy atom. The second-order valence-corrected chi connectivity index (χ2v) is 4.33. The van der Waals surface area contributed by atoms with Crippen LogP contribution >= 0.6 is 0 Å². The first-order valence-electron chi connectivity index (χ1n) is 5.60. The van der Waals surface area contributed by atoms with Gasteiger partial charge >= 0.3 is 5.97 Å². The van der Waals surface area contributed by atoms with Gasteiger partial charge in [0.25, 0.3) is 0 Å². The summed E-state index contributed by atoms with van der Waals surface area (Å²) in [6.45, 7) is 2.38. The van der Waals surface area contributed by atoms with E-state index in [-0.39, 0.29) is 18.1 Å². The van der Waals surface area contributed by atoms with Gasteiger partial charge in [-0.3, -0.25) is 4.79 Å². The molecule has 0 aromatic carbocycles. The van der Waals surface area contributed by atoms with Gasteiger partial charge in [0.2, 0.25) is 5.91 Å². The van der Waals surface area contributed by atoms with E-state index < -0.39 is 5.97 Å². The summed E-state index contributed by atoms with van der Waals surface area (Å²) in [5.74, 6) is -0.0909. The number of nitrogens with one attached hydrogen (secondary N) is 1. The molecule has 92 valence electrons. The molecule has 0 bridgehead atoms. The van der Waals surface area contributed by atoms with Gasteiger partial charge in [0, 0.05) is 6.54 Å². The van der Waals surface area contributed by atoms with E-state index in [1.165, 1.54) is 23.6 Å². The largest absolute Gasteiger partial charge is 0.477 e. The maximum atomic E-state index is 11.6. The molecular formula is C11H15N3O3. The summed E-state index contributed by atoms with van der Waals surface area (Å²) in [4.78, 5) is 26.4. The van der Waals surface area contributed by atoms with Crippen LogP contribution in [0.1, 0.15) is 29.2 Å². The van der Waals surface area contributed by atoms with Gasteiger partial charge in [0.05, 0.1) is 6.20 Å². The van der Waals surface area contributed by atoms with Crippen LogP contribution in [-0.2, 0) is 11.3 Å². The average Bonchev–Trinajstić information content (AvgIpc) is 3.02.